The Bertz CT molecular complexity index is 807. The van der Waals surface area contributed by atoms with Crippen molar-refractivity contribution in [3.63, 3.8) is 0 Å². The molecule has 0 heterocycles. The van der Waals surface area contributed by atoms with Crippen LogP contribution in [0.5, 0.6) is 0 Å². The zero-order chi connectivity index (χ0) is 19.1. The number of rotatable bonds is 7. The second-order valence-electron chi connectivity index (χ2n) is 5.87. The summed E-state index contributed by atoms with van der Waals surface area (Å²) in [5.74, 6) is -2.05. The maximum Gasteiger partial charge on any atom is 0.337 e. The molecule has 0 amide bonds. The van der Waals surface area contributed by atoms with Crippen LogP contribution in [-0.2, 0) is 9.53 Å². The quantitative estimate of drug-likeness (QED) is 0.770. The molecule has 0 bridgehead atoms. The number of methoxy groups -OCH3 is 1. The van der Waals surface area contributed by atoms with E-state index in [9.17, 15) is 14.7 Å². The summed E-state index contributed by atoms with van der Waals surface area (Å²) >= 11 is 0. The fraction of sp³-hybridized carbons (Fsp3) is 0.250. The summed E-state index contributed by atoms with van der Waals surface area (Å²) in [7, 11) is 3.18. The molecule has 0 spiro atoms. The van der Waals surface area contributed by atoms with Crippen molar-refractivity contribution in [3.05, 3.63) is 65.2 Å². The zero-order valence-electron chi connectivity index (χ0n) is 14.7. The van der Waals surface area contributed by atoms with Crippen molar-refractivity contribution < 1.29 is 19.4 Å². The zero-order valence-corrected chi connectivity index (χ0v) is 14.7. The summed E-state index contributed by atoms with van der Waals surface area (Å²) in [5.41, 5.74) is 2.51. The van der Waals surface area contributed by atoms with Crippen LogP contribution in [0.3, 0.4) is 0 Å². The van der Waals surface area contributed by atoms with Gasteiger partial charge >= 0.3 is 11.9 Å². The van der Waals surface area contributed by atoms with Crippen LogP contribution in [0, 0.1) is 11.3 Å². The molecule has 0 fully saturated rings. The first-order chi connectivity index (χ1) is 12.5. The Balaban J connectivity index is 2.07. The first-order valence-electron chi connectivity index (χ1n) is 8.08. The molecule has 0 saturated carbocycles. The molecule has 0 saturated heterocycles. The highest BCUT2D eigenvalue weighted by Gasteiger charge is 2.21. The molecule has 26 heavy (non-hydrogen) atoms. The number of anilines is 1. The Morgan fingerprint density at radius 2 is 1.77 bits per heavy atom. The van der Waals surface area contributed by atoms with Gasteiger partial charge in [-0.15, -0.1) is 0 Å². The van der Waals surface area contributed by atoms with Gasteiger partial charge in [0.25, 0.3) is 0 Å². The topological polar surface area (TPSA) is 90.6 Å². The molecule has 2 aromatic rings. The van der Waals surface area contributed by atoms with E-state index >= 15 is 0 Å². The Labute approximate surface area is 152 Å². The van der Waals surface area contributed by atoms with E-state index < -0.39 is 17.9 Å². The predicted octanol–water partition coefficient (Wildman–Crippen LogP) is 3.04. The van der Waals surface area contributed by atoms with Crippen molar-refractivity contribution in [1.29, 1.82) is 5.26 Å². The summed E-state index contributed by atoms with van der Waals surface area (Å²) in [4.78, 5) is 25.1. The number of aliphatic carboxylic acids is 1. The molecule has 134 valence electrons. The van der Waals surface area contributed by atoms with Crippen LogP contribution in [0.25, 0.3) is 0 Å². The van der Waals surface area contributed by atoms with Crippen LogP contribution in [0.1, 0.15) is 33.8 Å². The van der Waals surface area contributed by atoms with Crippen molar-refractivity contribution in [2.45, 2.75) is 12.3 Å². The SMILES string of the molecule is COC(=O)c1ccc(C(CCN(C)c2ccc(C#N)cc2)C(=O)O)cc1. The molecular formula is C20H20N2O4. The highest BCUT2D eigenvalue weighted by molar-refractivity contribution is 5.89. The first kappa shape index (κ1) is 19.0. The third-order valence-corrected chi connectivity index (χ3v) is 4.22. The number of carboxylic acid groups (broad SMARTS) is 1. The lowest BCUT2D eigenvalue weighted by Gasteiger charge is -2.22. The average Bonchev–Trinajstić information content (AvgIpc) is 2.67. The number of nitriles is 1. The van der Waals surface area contributed by atoms with Gasteiger partial charge in [-0.2, -0.15) is 5.26 Å². The summed E-state index contributed by atoms with van der Waals surface area (Å²) in [5, 5.41) is 18.4. The smallest absolute Gasteiger partial charge is 0.337 e. The first-order valence-corrected chi connectivity index (χ1v) is 8.08. The number of carboxylic acids is 1. The number of carbonyl (C=O) groups is 2. The van der Waals surface area contributed by atoms with E-state index in [0.717, 1.165) is 5.69 Å². The molecule has 2 rings (SSSR count). The monoisotopic (exact) mass is 352 g/mol. The van der Waals surface area contributed by atoms with Gasteiger partial charge < -0.3 is 14.7 Å². The molecule has 0 aliphatic carbocycles. The normalized spacial score (nSPS) is 11.3. The van der Waals surface area contributed by atoms with Gasteiger partial charge in [-0.05, 0) is 48.4 Å². The number of carbonyl (C=O) groups excluding carboxylic acids is 1. The van der Waals surface area contributed by atoms with E-state index in [-0.39, 0.29) is 0 Å². The van der Waals surface area contributed by atoms with Crippen LogP contribution in [0.4, 0.5) is 5.69 Å². The van der Waals surface area contributed by atoms with E-state index in [0.29, 0.717) is 29.7 Å². The minimum Gasteiger partial charge on any atom is -0.481 e. The van der Waals surface area contributed by atoms with Crippen molar-refractivity contribution in [3.8, 4) is 6.07 Å². The highest BCUT2D eigenvalue weighted by atomic mass is 16.5. The summed E-state index contributed by atoms with van der Waals surface area (Å²) in [6.45, 7) is 0.529. The third-order valence-electron chi connectivity index (χ3n) is 4.22. The van der Waals surface area contributed by atoms with Gasteiger partial charge in [0.1, 0.15) is 0 Å². The Kier molecular flexibility index (Phi) is 6.34. The van der Waals surface area contributed by atoms with Crippen molar-refractivity contribution >= 4 is 17.6 Å². The lowest BCUT2D eigenvalue weighted by Crippen LogP contribution is -2.23. The minimum absolute atomic E-state index is 0.384. The fourth-order valence-corrected chi connectivity index (χ4v) is 2.64. The molecule has 0 aliphatic heterocycles. The number of ether oxygens (including phenoxy) is 1. The van der Waals surface area contributed by atoms with Crippen LogP contribution < -0.4 is 4.90 Å². The third kappa shape index (κ3) is 4.61. The van der Waals surface area contributed by atoms with Crippen molar-refractivity contribution in [1.82, 2.24) is 0 Å². The Hall–Kier alpha value is -3.33. The van der Waals surface area contributed by atoms with Crippen molar-refractivity contribution in [2.75, 3.05) is 25.6 Å². The molecule has 6 heteroatoms. The fourth-order valence-electron chi connectivity index (χ4n) is 2.64. The largest absolute Gasteiger partial charge is 0.481 e. The standard InChI is InChI=1S/C20H20N2O4/c1-22(17-9-3-14(13-21)4-10-17)12-11-18(19(23)24)15-5-7-16(8-6-15)20(25)26-2/h3-10,18H,11-12H2,1-2H3,(H,23,24). The van der Waals surface area contributed by atoms with Crippen LogP contribution in [0.15, 0.2) is 48.5 Å². The Morgan fingerprint density at radius 3 is 2.27 bits per heavy atom. The predicted molar refractivity (Wildman–Crippen MR) is 97.2 cm³/mol. The van der Waals surface area contributed by atoms with E-state index in [1.165, 1.54) is 7.11 Å². The number of nitrogens with zero attached hydrogens (tertiary/aromatic N) is 2. The van der Waals surface area contributed by atoms with Gasteiger partial charge in [-0.1, -0.05) is 12.1 Å². The van der Waals surface area contributed by atoms with E-state index in [1.807, 2.05) is 24.1 Å². The molecule has 0 aromatic heterocycles. The molecule has 0 radical (unpaired) electrons. The van der Waals surface area contributed by atoms with Gasteiger partial charge in [-0.3, -0.25) is 4.79 Å². The molecule has 0 aliphatic rings. The average molecular weight is 352 g/mol. The second kappa shape index (κ2) is 8.67. The van der Waals surface area contributed by atoms with Crippen LogP contribution in [-0.4, -0.2) is 37.7 Å². The number of benzene rings is 2. The van der Waals surface area contributed by atoms with E-state index in [2.05, 4.69) is 10.8 Å². The number of esters is 1. The van der Waals surface area contributed by atoms with Gasteiger partial charge in [0, 0.05) is 19.3 Å². The van der Waals surface area contributed by atoms with Gasteiger partial charge in [-0.25, -0.2) is 4.79 Å². The van der Waals surface area contributed by atoms with E-state index in [4.69, 9.17) is 5.26 Å². The maximum atomic E-state index is 11.7. The van der Waals surface area contributed by atoms with Crippen molar-refractivity contribution in [2.24, 2.45) is 0 Å². The molecule has 2 aromatic carbocycles. The lowest BCUT2D eigenvalue weighted by atomic mass is 9.94. The highest BCUT2D eigenvalue weighted by Crippen LogP contribution is 2.23. The summed E-state index contributed by atoms with van der Waals surface area (Å²) in [6, 6.07) is 15.6. The second-order valence-corrected chi connectivity index (χ2v) is 5.87. The van der Waals surface area contributed by atoms with Gasteiger partial charge in [0.15, 0.2) is 0 Å². The summed E-state index contributed by atoms with van der Waals surface area (Å²) in [6.07, 6.45) is 0.406. The molecule has 1 unspecified atom stereocenters. The van der Waals surface area contributed by atoms with Crippen LogP contribution in [0.2, 0.25) is 0 Å². The number of hydrogen-bond acceptors (Lipinski definition) is 5. The molecular weight excluding hydrogens is 332 g/mol. The van der Waals surface area contributed by atoms with Gasteiger partial charge in [0.2, 0.25) is 0 Å². The molecule has 1 atom stereocenters. The maximum absolute atomic E-state index is 11.7. The summed E-state index contributed by atoms with van der Waals surface area (Å²) < 4.78 is 4.65. The minimum atomic E-state index is -0.913. The molecule has 1 N–H and O–H groups in total. The number of hydrogen-bond donors (Lipinski definition) is 1. The van der Waals surface area contributed by atoms with Crippen LogP contribution >= 0.6 is 0 Å². The Morgan fingerprint density at radius 1 is 1.15 bits per heavy atom. The van der Waals surface area contributed by atoms with Gasteiger partial charge in [0.05, 0.1) is 30.2 Å². The molecule has 6 nitrogen and oxygen atoms in total. The lowest BCUT2D eigenvalue weighted by molar-refractivity contribution is -0.138. The van der Waals surface area contributed by atoms with E-state index in [1.54, 1.807) is 36.4 Å².